The van der Waals surface area contributed by atoms with Crippen LogP contribution in [-0.4, -0.2) is 29.1 Å². The van der Waals surface area contributed by atoms with E-state index in [2.05, 4.69) is 20.7 Å². The molecule has 0 amide bonds. The molecule has 2 rings (SSSR count). The maximum absolute atomic E-state index is 12.5. The number of hydrogen-bond donors (Lipinski definition) is 2. The summed E-state index contributed by atoms with van der Waals surface area (Å²) in [7, 11) is 0.0654. The lowest BCUT2D eigenvalue weighted by molar-refractivity contribution is 0.572. The van der Waals surface area contributed by atoms with Crippen LogP contribution in [0, 0.1) is 0 Å². The van der Waals surface area contributed by atoms with Crippen molar-refractivity contribution >= 4 is 44.0 Å². The van der Waals surface area contributed by atoms with E-state index in [4.69, 9.17) is 5.73 Å². The Morgan fingerprint density at radius 1 is 1.17 bits per heavy atom. The van der Waals surface area contributed by atoms with E-state index in [1.807, 2.05) is 55.4 Å². The van der Waals surface area contributed by atoms with Gasteiger partial charge in [0.1, 0.15) is 0 Å². The highest BCUT2D eigenvalue weighted by molar-refractivity contribution is 9.10. The van der Waals surface area contributed by atoms with Crippen molar-refractivity contribution in [3.8, 4) is 0 Å². The van der Waals surface area contributed by atoms with Crippen LogP contribution >= 0.6 is 28.3 Å². The molecule has 0 aliphatic carbocycles. The van der Waals surface area contributed by atoms with Crippen LogP contribution < -0.4 is 15.4 Å². The van der Waals surface area contributed by atoms with Crippen LogP contribution in [0.1, 0.15) is 11.6 Å². The molecule has 0 aromatic heterocycles. The lowest BCUT2D eigenvalue weighted by Gasteiger charge is -2.17. The zero-order valence-electron chi connectivity index (χ0n) is 13.4. The summed E-state index contributed by atoms with van der Waals surface area (Å²) in [6.07, 6.45) is 0. The minimum absolute atomic E-state index is 0. The molecule has 0 aliphatic heterocycles. The maximum Gasteiger partial charge on any atom is 0.241 e. The number of hydrogen-bond acceptors (Lipinski definition) is 4. The summed E-state index contributed by atoms with van der Waals surface area (Å²) in [6.45, 7) is 0.130. The first-order chi connectivity index (χ1) is 10.8. The molecular formula is C16H21BrClN3O2S. The molecule has 0 fully saturated rings. The van der Waals surface area contributed by atoms with Gasteiger partial charge in [0, 0.05) is 36.8 Å². The van der Waals surface area contributed by atoms with Crippen molar-refractivity contribution in [1.82, 2.24) is 4.72 Å². The van der Waals surface area contributed by atoms with Gasteiger partial charge in [-0.3, -0.25) is 0 Å². The van der Waals surface area contributed by atoms with E-state index in [1.165, 1.54) is 0 Å². The average Bonchev–Trinajstić information content (AvgIpc) is 2.53. The summed E-state index contributed by atoms with van der Waals surface area (Å²) in [6, 6.07) is 14.2. The molecule has 8 heteroatoms. The van der Waals surface area contributed by atoms with Crippen LogP contribution in [0.15, 0.2) is 57.9 Å². The van der Waals surface area contributed by atoms with Crippen molar-refractivity contribution in [3.05, 3.63) is 58.6 Å². The van der Waals surface area contributed by atoms with E-state index in [0.717, 1.165) is 11.3 Å². The standard InChI is InChI=1S/C16H20BrN3O2S.ClH/c1-20(2)13-8-9-14(17)16(10-13)23(21,22)19-11-15(18)12-6-4-3-5-7-12;/h3-10,15,19H,11,18H2,1-2H3;1H. The Labute approximate surface area is 157 Å². The predicted molar refractivity (Wildman–Crippen MR) is 104 cm³/mol. The quantitative estimate of drug-likeness (QED) is 0.733. The Kier molecular flexibility index (Phi) is 7.69. The second-order valence-corrected chi connectivity index (χ2v) is 7.97. The number of nitrogens with zero attached hydrogens (tertiary/aromatic N) is 1. The molecule has 5 nitrogen and oxygen atoms in total. The second-order valence-electron chi connectivity index (χ2n) is 5.38. The van der Waals surface area contributed by atoms with Crippen LogP contribution in [0.25, 0.3) is 0 Å². The summed E-state index contributed by atoms with van der Waals surface area (Å²) < 4.78 is 28.2. The van der Waals surface area contributed by atoms with Gasteiger partial charge in [-0.05, 0) is 39.7 Å². The molecule has 1 atom stereocenters. The largest absolute Gasteiger partial charge is 0.378 e. The van der Waals surface area contributed by atoms with Crippen molar-refractivity contribution in [3.63, 3.8) is 0 Å². The van der Waals surface area contributed by atoms with E-state index in [0.29, 0.717) is 4.47 Å². The molecule has 0 radical (unpaired) electrons. The van der Waals surface area contributed by atoms with Crippen molar-refractivity contribution in [2.24, 2.45) is 5.73 Å². The second kappa shape index (κ2) is 8.82. The van der Waals surface area contributed by atoms with Gasteiger partial charge in [0.25, 0.3) is 0 Å². The fraction of sp³-hybridized carbons (Fsp3) is 0.250. The highest BCUT2D eigenvalue weighted by Gasteiger charge is 2.20. The molecule has 0 saturated heterocycles. The van der Waals surface area contributed by atoms with Gasteiger partial charge in [0.2, 0.25) is 10.0 Å². The van der Waals surface area contributed by atoms with Crippen LogP contribution in [0.5, 0.6) is 0 Å². The number of benzene rings is 2. The Balaban J connectivity index is 0.00000288. The SMILES string of the molecule is CN(C)c1ccc(Br)c(S(=O)(=O)NCC(N)c2ccccc2)c1.Cl. The Hall–Kier alpha value is -1.12. The van der Waals surface area contributed by atoms with Gasteiger partial charge in [-0.2, -0.15) is 0 Å². The number of anilines is 1. The molecule has 132 valence electrons. The molecule has 0 saturated carbocycles. The van der Waals surface area contributed by atoms with E-state index in [1.54, 1.807) is 12.1 Å². The van der Waals surface area contributed by atoms with Gasteiger partial charge in [-0.15, -0.1) is 12.4 Å². The Morgan fingerprint density at radius 3 is 2.38 bits per heavy atom. The third kappa shape index (κ3) is 5.19. The molecule has 3 N–H and O–H groups in total. The Bertz CT molecular complexity index is 770. The van der Waals surface area contributed by atoms with E-state index in [9.17, 15) is 8.42 Å². The zero-order chi connectivity index (χ0) is 17.0. The predicted octanol–water partition coefficient (Wildman–Crippen LogP) is 2.92. The summed E-state index contributed by atoms with van der Waals surface area (Å²) in [5.41, 5.74) is 7.74. The Morgan fingerprint density at radius 2 is 1.79 bits per heavy atom. The average molecular weight is 435 g/mol. The number of rotatable bonds is 6. The fourth-order valence-corrected chi connectivity index (χ4v) is 4.11. The highest BCUT2D eigenvalue weighted by atomic mass is 79.9. The zero-order valence-corrected chi connectivity index (χ0v) is 16.7. The van der Waals surface area contributed by atoms with Crippen LogP contribution in [0.3, 0.4) is 0 Å². The number of nitrogens with one attached hydrogen (secondary N) is 1. The third-order valence-corrected chi connectivity index (χ3v) is 5.86. The monoisotopic (exact) mass is 433 g/mol. The first-order valence-electron chi connectivity index (χ1n) is 7.08. The van der Waals surface area contributed by atoms with Crippen molar-refractivity contribution in [1.29, 1.82) is 0 Å². The molecule has 0 bridgehead atoms. The summed E-state index contributed by atoms with van der Waals surface area (Å²) in [5.74, 6) is 0. The summed E-state index contributed by atoms with van der Waals surface area (Å²) in [5, 5.41) is 0. The molecular weight excluding hydrogens is 414 g/mol. The minimum Gasteiger partial charge on any atom is -0.378 e. The third-order valence-electron chi connectivity index (χ3n) is 3.44. The molecule has 2 aromatic rings. The smallest absolute Gasteiger partial charge is 0.241 e. The fourth-order valence-electron chi connectivity index (χ4n) is 2.07. The van der Waals surface area contributed by atoms with Crippen molar-refractivity contribution in [2.75, 3.05) is 25.5 Å². The van der Waals surface area contributed by atoms with Crippen LogP contribution in [-0.2, 0) is 10.0 Å². The lowest BCUT2D eigenvalue weighted by atomic mass is 10.1. The number of nitrogens with two attached hydrogens (primary N) is 1. The molecule has 2 aromatic carbocycles. The van der Waals surface area contributed by atoms with Gasteiger partial charge in [0.15, 0.2) is 0 Å². The van der Waals surface area contributed by atoms with Crippen LogP contribution in [0.4, 0.5) is 5.69 Å². The molecule has 24 heavy (non-hydrogen) atoms. The molecule has 1 unspecified atom stereocenters. The molecule has 0 aliphatic rings. The molecule has 0 heterocycles. The van der Waals surface area contributed by atoms with Gasteiger partial charge in [0.05, 0.1) is 4.90 Å². The van der Waals surface area contributed by atoms with Gasteiger partial charge in [-0.1, -0.05) is 30.3 Å². The van der Waals surface area contributed by atoms with E-state index in [-0.39, 0.29) is 23.8 Å². The lowest BCUT2D eigenvalue weighted by Crippen LogP contribution is -2.32. The van der Waals surface area contributed by atoms with E-state index < -0.39 is 16.1 Å². The van der Waals surface area contributed by atoms with Crippen molar-refractivity contribution < 1.29 is 8.42 Å². The highest BCUT2D eigenvalue weighted by Crippen LogP contribution is 2.26. The number of halogens is 2. The first-order valence-corrected chi connectivity index (χ1v) is 9.36. The van der Waals surface area contributed by atoms with Crippen LogP contribution in [0.2, 0.25) is 0 Å². The normalized spacial score (nSPS) is 12.3. The summed E-state index contributed by atoms with van der Waals surface area (Å²) >= 11 is 3.30. The first kappa shape index (κ1) is 20.9. The summed E-state index contributed by atoms with van der Waals surface area (Å²) in [4.78, 5) is 2.05. The van der Waals surface area contributed by atoms with Gasteiger partial charge < -0.3 is 10.6 Å². The topological polar surface area (TPSA) is 75.4 Å². The number of sulfonamides is 1. The van der Waals surface area contributed by atoms with Gasteiger partial charge in [-0.25, -0.2) is 13.1 Å². The molecule has 0 spiro atoms. The maximum atomic E-state index is 12.5. The van der Waals surface area contributed by atoms with Crippen molar-refractivity contribution in [2.45, 2.75) is 10.9 Å². The minimum atomic E-state index is -3.65. The van der Waals surface area contributed by atoms with Gasteiger partial charge >= 0.3 is 0 Å². The van der Waals surface area contributed by atoms with E-state index >= 15 is 0 Å².